The van der Waals surface area contributed by atoms with Crippen LogP contribution in [0.1, 0.15) is 37.9 Å². The van der Waals surface area contributed by atoms with Crippen LogP contribution in [-0.4, -0.2) is 58.7 Å². The number of fused-ring (bicyclic) bond motifs is 1. The number of hydrogen-bond donors (Lipinski definition) is 1. The molecule has 30 heavy (non-hydrogen) atoms. The van der Waals surface area contributed by atoms with Crippen LogP contribution in [0.3, 0.4) is 0 Å². The fourth-order valence-electron chi connectivity index (χ4n) is 5.44. The zero-order valence-electron chi connectivity index (χ0n) is 18.8. The first kappa shape index (κ1) is 22.9. The molecule has 1 N–H and O–H groups in total. The number of aliphatic hydroxyl groups excluding tert-OH is 1. The third-order valence-electron chi connectivity index (χ3n) is 7.03. The minimum atomic E-state index is -0.958. The molecule has 2 fully saturated rings. The smallest absolute Gasteiger partial charge is 0.203 e. The Bertz CT molecular complexity index is 741. The van der Waals surface area contributed by atoms with Gasteiger partial charge in [0.05, 0.1) is 39.6 Å². The van der Waals surface area contributed by atoms with Crippen LogP contribution in [0.2, 0.25) is 0 Å². The second-order valence-electron chi connectivity index (χ2n) is 8.14. The Morgan fingerprint density at radius 2 is 1.73 bits per heavy atom. The molecule has 1 saturated heterocycles. The van der Waals surface area contributed by atoms with Crippen molar-refractivity contribution in [1.82, 2.24) is 0 Å². The lowest BCUT2D eigenvalue weighted by Crippen LogP contribution is -2.59. The average Bonchev–Trinajstić information content (AvgIpc) is 3.00. The fourth-order valence-corrected chi connectivity index (χ4v) is 5.44. The van der Waals surface area contributed by atoms with Gasteiger partial charge < -0.3 is 33.5 Å². The highest BCUT2D eigenvalue weighted by Crippen LogP contribution is 2.65. The lowest BCUT2D eigenvalue weighted by molar-refractivity contribution is -0.300. The molecular weight excluding hydrogens is 388 g/mol. The molecule has 0 amide bonds. The maximum absolute atomic E-state index is 10.7. The van der Waals surface area contributed by atoms with Gasteiger partial charge in [0, 0.05) is 26.1 Å². The Kier molecular flexibility index (Phi) is 6.67. The van der Waals surface area contributed by atoms with Gasteiger partial charge in [0.15, 0.2) is 17.3 Å². The van der Waals surface area contributed by atoms with Gasteiger partial charge in [0.2, 0.25) is 5.75 Å². The van der Waals surface area contributed by atoms with Crippen molar-refractivity contribution in [2.24, 2.45) is 11.3 Å². The van der Waals surface area contributed by atoms with Crippen molar-refractivity contribution in [1.29, 1.82) is 0 Å². The average molecular weight is 423 g/mol. The normalized spacial score (nSPS) is 35.6. The molecule has 168 valence electrons. The molecule has 1 aromatic carbocycles. The second kappa shape index (κ2) is 8.75. The first-order valence-electron chi connectivity index (χ1n) is 10.2. The highest BCUT2D eigenvalue weighted by atomic mass is 16.7. The summed E-state index contributed by atoms with van der Waals surface area (Å²) < 4.78 is 34.8. The lowest BCUT2D eigenvalue weighted by Gasteiger charge is -2.51. The lowest BCUT2D eigenvalue weighted by atomic mass is 9.59. The Morgan fingerprint density at radius 3 is 2.20 bits per heavy atom. The topological polar surface area (TPSA) is 75.6 Å². The van der Waals surface area contributed by atoms with Crippen LogP contribution in [-0.2, 0) is 14.2 Å². The quantitative estimate of drug-likeness (QED) is 0.643. The van der Waals surface area contributed by atoms with Gasteiger partial charge in [-0.3, -0.25) is 0 Å². The number of allylic oxidation sites excluding steroid dienone is 1. The van der Waals surface area contributed by atoms with Crippen LogP contribution < -0.4 is 14.2 Å². The number of ether oxygens (including phenoxy) is 6. The summed E-state index contributed by atoms with van der Waals surface area (Å²) in [7, 11) is 8.04. The summed E-state index contributed by atoms with van der Waals surface area (Å²) in [6.45, 7) is 6.14. The molecule has 1 heterocycles. The van der Waals surface area contributed by atoms with E-state index in [-0.39, 0.29) is 18.1 Å². The molecule has 2 aliphatic rings. The first-order valence-corrected chi connectivity index (χ1v) is 10.2. The Morgan fingerprint density at radius 1 is 1.10 bits per heavy atom. The monoisotopic (exact) mass is 422 g/mol. The molecular formula is C23H34O7. The third kappa shape index (κ3) is 3.28. The highest BCUT2D eigenvalue weighted by molar-refractivity contribution is 5.54. The number of methoxy groups -OCH3 is 5. The minimum Gasteiger partial charge on any atom is -0.493 e. The van der Waals surface area contributed by atoms with E-state index in [1.54, 1.807) is 35.5 Å². The van der Waals surface area contributed by atoms with Crippen LogP contribution in [0, 0.1) is 11.3 Å². The van der Waals surface area contributed by atoms with E-state index < -0.39 is 17.3 Å². The Hall–Kier alpha value is -1.80. The van der Waals surface area contributed by atoms with Gasteiger partial charge in [-0.2, -0.15) is 0 Å². The second-order valence-corrected chi connectivity index (χ2v) is 8.14. The number of rotatable bonds is 8. The third-order valence-corrected chi connectivity index (χ3v) is 7.03. The molecule has 7 nitrogen and oxygen atoms in total. The van der Waals surface area contributed by atoms with Gasteiger partial charge in [-0.15, -0.1) is 6.58 Å². The van der Waals surface area contributed by atoms with Crippen LogP contribution in [0.25, 0.3) is 0 Å². The molecule has 1 aliphatic heterocycles. The van der Waals surface area contributed by atoms with Gasteiger partial charge >= 0.3 is 0 Å². The van der Waals surface area contributed by atoms with Gasteiger partial charge in [-0.25, -0.2) is 0 Å². The van der Waals surface area contributed by atoms with Crippen molar-refractivity contribution in [3.63, 3.8) is 0 Å². The van der Waals surface area contributed by atoms with E-state index >= 15 is 0 Å². The highest BCUT2D eigenvalue weighted by Gasteiger charge is 2.68. The van der Waals surface area contributed by atoms with E-state index in [1.807, 2.05) is 18.2 Å². The summed E-state index contributed by atoms with van der Waals surface area (Å²) in [5.74, 6) is 0.751. The number of aliphatic hydroxyl groups is 1. The van der Waals surface area contributed by atoms with Crippen LogP contribution in [0.15, 0.2) is 24.8 Å². The molecule has 1 aromatic rings. The molecule has 0 radical (unpaired) electrons. The molecule has 1 saturated carbocycles. The van der Waals surface area contributed by atoms with Crippen molar-refractivity contribution >= 4 is 0 Å². The molecule has 1 aliphatic carbocycles. The molecule has 7 heteroatoms. The maximum Gasteiger partial charge on any atom is 0.203 e. The van der Waals surface area contributed by atoms with E-state index in [1.165, 1.54) is 0 Å². The molecule has 0 spiro atoms. The molecule has 0 aromatic heterocycles. The molecule has 6 unspecified atom stereocenters. The van der Waals surface area contributed by atoms with E-state index in [2.05, 4.69) is 13.5 Å². The molecule has 0 bridgehead atoms. The maximum atomic E-state index is 10.7. The van der Waals surface area contributed by atoms with Crippen molar-refractivity contribution in [2.45, 2.75) is 50.3 Å². The van der Waals surface area contributed by atoms with Crippen molar-refractivity contribution in [3.05, 3.63) is 30.4 Å². The van der Waals surface area contributed by atoms with Gasteiger partial charge in [-0.1, -0.05) is 13.0 Å². The number of benzene rings is 1. The van der Waals surface area contributed by atoms with Crippen LogP contribution >= 0.6 is 0 Å². The predicted octanol–water partition coefficient (Wildman–Crippen LogP) is 3.49. The van der Waals surface area contributed by atoms with Crippen molar-refractivity contribution < 1.29 is 33.5 Å². The van der Waals surface area contributed by atoms with Crippen LogP contribution in [0.4, 0.5) is 0 Å². The predicted molar refractivity (Wildman–Crippen MR) is 112 cm³/mol. The van der Waals surface area contributed by atoms with Crippen molar-refractivity contribution in [3.8, 4) is 17.2 Å². The van der Waals surface area contributed by atoms with E-state index in [9.17, 15) is 5.11 Å². The standard InChI is InChI=1S/C23H34O7/c1-8-9-22-13-19(27-5)16(24)12-23(22,29-7)30-20(14(22)2)15-10-17(25-3)21(28-6)18(11-15)26-4/h8,10-11,14,16,19-20,24H,1,9,12-13H2,2-7H3. The SMILES string of the molecule is C=CCC12CC(OC)C(O)CC1(OC)OC(c1cc(OC)c(OC)c(OC)c1)C2C. The zero-order valence-corrected chi connectivity index (χ0v) is 18.8. The van der Waals surface area contributed by atoms with E-state index in [0.717, 1.165) is 5.56 Å². The van der Waals surface area contributed by atoms with E-state index in [0.29, 0.717) is 36.5 Å². The van der Waals surface area contributed by atoms with Gasteiger partial charge in [-0.05, 0) is 36.5 Å². The van der Waals surface area contributed by atoms with Crippen molar-refractivity contribution in [2.75, 3.05) is 35.5 Å². The summed E-state index contributed by atoms with van der Waals surface area (Å²) in [6.07, 6.45) is 2.22. The summed E-state index contributed by atoms with van der Waals surface area (Å²) in [5.41, 5.74) is 0.490. The largest absolute Gasteiger partial charge is 0.493 e. The Labute approximate surface area is 178 Å². The number of hydrogen-bond acceptors (Lipinski definition) is 7. The molecule has 6 atom stereocenters. The first-order chi connectivity index (χ1) is 14.4. The summed E-state index contributed by atoms with van der Waals surface area (Å²) >= 11 is 0. The summed E-state index contributed by atoms with van der Waals surface area (Å²) in [4.78, 5) is 0. The molecule has 3 rings (SSSR count). The van der Waals surface area contributed by atoms with Gasteiger partial charge in [0.25, 0.3) is 0 Å². The minimum absolute atomic E-state index is 0.0448. The fraction of sp³-hybridized carbons (Fsp3) is 0.652. The van der Waals surface area contributed by atoms with Crippen LogP contribution in [0.5, 0.6) is 17.2 Å². The van der Waals surface area contributed by atoms with E-state index in [4.69, 9.17) is 28.4 Å². The Balaban J connectivity index is 2.12. The van der Waals surface area contributed by atoms with Gasteiger partial charge in [0.1, 0.15) is 0 Å². The zero-order chi connectivity index (χ0) is 22.1. The summed E-state index contributed by atoms with van der Waals surface area (Å²) in [6, 6.07) is 3.82. The summed E-state index contributed by atoms with van der Waals surface area (Å²) in [5, 5.41) is 10.7.